The summed E-state index contributed by atoms with van der Waals surface area (Å²) in [6.45, 7) is 0.721. The molecule has 25 heavy (non-hydrogen) atoms. The molecule has 1 heterocycles. The minimum Gasteiger partial charge on any atom is -0.457 e. The van der Waals surface area contributed by atoms with Crippen LogP contribution < -0.4 is 5.73 Å². The summed E-state index contributed by atoms with van der Waals surface area (Å²) < 4.78 is 4.79. The van der Waals surface area contributed by atoms with E-state index in [4.69, 9.17) is 15.7 Å². The number of hydrogen-bond acceptors (Lipinski definition) is 7. The van der Waals surface area contributed by atoms with Gasteiger partial charge in [0.25, 0.3) is 0 Å². The molecule has 1 saturated heterocycles. The fourth-order valence-electron chi connectivity index (χ4n) is 2.95. The van der Waals surface area contributed by atoms with E-state index < -0.39 is 18.4 Å². The summed E-state index contributed by atoms with van der Waals surface area (Å²) in [6.07, 6.45) is 4.63. The van der Waals surface area contributed by atoms with Gasteiger partial charge in [0.05, 0.1) is 18.3 Å². The van der Waals surface area contributed by atoms with Gasteiger partial charge in [0, 0.05) is 12.2 Å². The van der Waals surface area contributed by atoms with Gasteiger partial charge in [-0.25, -0.2) is 0 Å². The first-order valence-corrected chi connectivity index (χ1v) is 7.92. The maximum Gasteiger partial charge on any atom is 0.308 e. The molecule has 0 aromatic heterocycles. The van der Waals surface area contributed by atoms with E-state index in [1.165, 1.54) is 6.92 Å². The quantitative estimate of drug-likeness (QED) is 0.239. The number of imide groups is 1. The first kappa shape index (κ1) is 18.4. The molecule has 8 nitrogen and oxygen atoms in total. The Kier molecular flexibility index (Phi) is 5.70. The second kappa shape index (κ2) is 7.75. The fraction of sp³-hybridized carbons (Fsp3) is 0.471. The monoisotopic (exact) mass is 345 g/mol. The summed E-state index contributed by atoms with van der Waals surface area (Å²) >= 11 is 0. The predicted molar refractivity (Wildman–Crippen MR) is 85.2 cm³/mol. The van der Waals surface area contributed by atoms with Crippen molar-refractivity contribution in [2.75, 3.05) is 13.2 Å². The van der Waals surface area contributed by atoms with Crippen LogP contribution in [-0.4, -0.2) is 41.6 Å². The first-order chi connectivity index (χ1) is 11.9. The second-order valence-corrected chi connectivity index (χ2v) is 5.99. The molecule has 0 radical (unpaired) electrons. The number of amides is 2. The zero-order valence-corrected chi connectivity index (χ0v) is 13.9. The van der Waals surface area contributed by atoms with Crippen molar-refractivity contribution in [1.29, 1.82) is 5.26 Å². The van der Waals surface area contributed by atoms with Gasteiger partial charge < -0.3 is 10.5 Å². The maximum absolute atomic E-state index is 12.2. The van der Waals surface area contributed by atoms with E-state index in [0.717, 1.165) is 4.90 Å². The molecule has 2 N–H and O–H groups in total. The van der Waals surface area contributed by atoms with E-state index in [1.807, 2.05) is 12.2 Å². The Morgan fingerprint density at radius 2 is 1.84 bits per heavy atom. The van der Waals surface area contributed by atoms with Gasteiger partial charge in [0.15, 0.2) is 6.61 Å². The van der Waals surface area contributed by atoms with E-state index in [9.17, 15) is 19.2 Å². The number of carbonyl (C=O) groups excluding carboxylic acids is 4. The van der Waals surface area contributed by atoms with Crippen LogP contribution in [0.3, 0.4) is 0 Å². The third-order valence-electron chi connectivity index (χ3n) is 4.29. The van der Waals surface area contributed by atoms with Gasteiger partial charge in [-0.1, -0.05) is 12.2 Å². The largest absolute Gasteiger partial charge is 0.457 e. The lowest BCUT2D eigenvalue weighted by atomic mass is 9.85. The van der Waals surface area contributed by atoms with Gasteiger partial charge in [-0.2, -0.15) is 5.26 Å². The number of Topliss-reactive ketones (excluding diaryl/α,β-unsaturated/α-hetero) is 1. The predicted octanol–water partition coefficient (Wildman–Crippen LogP) is 0.196. The third-order valence-corrected chi connectivity index (χ3v) is 4.29. The van der Waals surface area contributed by atoms with E-state index in [0.29, 0.717) is 12.8 Å². The van der Waals surface area contributed by atoms with Crippen LogP contribution in [0.25, 0.3) is 0 Å². The smallest absolute Gasteiger partial charge is 0.308 e. The molecule has 8 heteroatoms. The molecule has 132 valence electrons. The molecule has 2 unspecified atom stereocenters. The molecule has 0 bridgehead atoms. The van der Waals surface area contributed by atoms with E-state index in [1.54, 1.807) is 6.07 Å². The first-order valence-electron chi connectivity index (χ1n) is 7.92. The van der Waals surface area contributed by atoms with Crippen molar-refractivity contribution in [2.45, 2.75) is 26.2 Å². The van der Waals surface area contributed by atoms with Gasteiger partial charge in [0.2, 0.25) is 17.6 Å². The lowest BCUT2D eigenvalue weighted by molar-refractivity contribution is -0.148. The van der Waals surface area contributed by atoms with Crippen molar-refractivity contribution in [1.82, 2.24) is 4.90 Å². The lowest BCUT2D eigenvalue weighted by Gasteiger charge is -2.14. The Morgan fingerprint density at radius 1 is 1.28 bits per heavy atom. The molecule has 0 aromatic rings. The number of ether oxygens (including phenoxy) is 1. The number of likely N-dealkylation sites (tertiary alicyclic amines) is 1. The minimum atomic E-state index is -0.728. The number of nitrogens with two attached hydrogens (primary N) is 1. The summed E-state index contributed by atoms with van der Waals surface area (Å²) in [7, 11) is 0. The van der Waals surface area contributed by atoms with Crippen LogP contribution in [0.5, 0.6) is 0 Å². The number of esters is 1. The average molecular weight is 345 g/mol. The maximum atomic E-state index is 12.2. The molecular formula is C17H19N3O5. The van der Waals surface area contributed by atoms with Crippen LogP contribution in [0, 0.1) is 23.2 Å². The van der Waals surface area contributed by atoms with Crippen LogP contribution in [0.1, 0.15) is 26.2 Å². The summed E-state index contributed by atoms with van der Waals surface area (Å²) in [4.78, 5) is 49.0. The highest BCUT2D eigenvalue weighted by Crippen LogP contribution is 2.34. The third kappa shape index (κ3) is 3.94. The zero-order chi connectivity index (χ0) is 18.6. The number of nitriles is 1. The topological polar surface area (TPSA) is 131 Å². The van der Waals surface area contributed by atoms with Crippen molar-refractivity contribution in [3.8, 4) is 6.07 Å². The summed E-state index contributed by atoms with van der Waals surface area (Å²) in [5.74, 6) is -2.64. The normalized spacial score (nSPS) is 23.0. The van der Waals surface area contributed by atoms with Crippen LogP contribution in [0.15, 0.2) is 23.4 Å². The Morgan fingerprint density at radius 3 is 2.32 bits per heavy atom. The van der Waals surface area contributed by atoms with E-state index >= 15 is 0 Å². The molecule has 1 fully saturated rings. The SMILES string of the molecule is C/C(N)=C(\C#N)C(=O)COC(=O)CCN1C(=O)C2CC=CCC2C1=O. The second-order valence-electron chi connectivity index (χ2n) is 5.99. The highest BCUT2D eigenvalue weighted by molar-refractivity contribution is 6.05. The Bertz CT molecular complexity index is 686. The highest BCUT2D eigenvalue weighted by Gasteiger charge is 2.46. The van der Waals surface area contributed by atoms with Crippen LogP contribution in [0.4, 0.5) is 0 Å². The van der Waals surface area contributed by atoms with Crippen LogP contribution >= 0.6 is 0 Å². The molecule has 1 aliphatic heterocycles. The van der Waals surface area contributed by atoms with Crippen molar-refractivity contribution in [3.63, 3.8) is 0 Å². The van der Waals surface area contributed by atoms with Crippen LogP contribution in [0.2, 0.25) is 0 Å². The summed E-state index contributed by atoms with van der Waals surface area (Å²) in [6, 6.07) is 1.65. The Hall–Kier alpha value is -2.95. The molecular weight excluding hydrogens is 326 g/mol. The van der Waals surface area contributed by atoms with Crippen molar-refractivity contribution in [3.05, 3.63) is 23.4 Å². The highest BCUT2D eigenvalue weighted by atomic mass is 16.5. The number of rotatable bonds is 6. The standard InChI is InChI=1S/C17H19N3O5/c1-10(19)13(8-18)14(21)9-25-15(22)6-7-20-16(23)11-4-2-3-5-12(11)17(20)24/h2-3,11-12H,4-7,9,19H2,1H3/b13-10-. The van der Waals surface area contributed by atoms with Gasteiger partial charge in [-0.15, -0.1) is 0 Å². The minimum absolute atomic E-state index is 0.0491. The lowest BCUT2D eigenvalue weighted by Crippen LogP contribution is -2.33. The molecule has 2 rings (SSSR count). The van der Waals surface area contributed by atoms with Gasteiger partial charge in [-0.05, 0) is 19.8 Å². The molecule has 2 aliphatic rings. The summed E-state index contributed by atoms with van der Waals surface area (Å²) in [5.41, 5.74) is 5.19. The molecule has 1 aliphatic carbocycles. The van der Waals surface area contributed by atoms with Crippen molar-refractivity contribution >= 4 is 23.6 Å². The fourth-order valence-corrected chi connectivity index (χ4v) is 2.95. The number of allylic oxidation sites excluding steroid dienone is 3. The Balaban J connectivity index is 1.84. The van der Waals surface area contributed by atoms with E-state index in [2.05, 4.69) is 0 Å². The molecule has 2 atom stereocenters. The molecule has 2 amide bonds. The van der Waals surface area contributed by atoms with Crippen LogP contribution in [-0.2, 0) is 23.9 Å². The number of nitrogens with zero attached hydrogens (tertiary/aromatic N) is 2. The van der Waals surface area contributed by atoms with E-state index in [-0.39, 0.29) is 47.9 Å². The number of carbonyl (C=O) groups is 4. The van der Waals surface area contributed by atoms with Crippen molar-refractivity contribution < 1.29 is 23.9 Å². The molecule has 0 spiro atoms. The van der Waals surface area contributed by atoms with Crippen molar-refractivity contribution in [2.24, 2.45) is 17.6 Å². The Labute approximate surface area is 144 Å². The zero-order valence-electron chi connectivity index (χ0n) is 13.9. The molecule has 0 saturated carbocycles. The summed E-state index contributed by atoms with van der Waals surface area (Å²) in [5, 5.41) is 8.80. The number of fused-ring (bicyclic) bond motifs is 1. The molecule has 0 aromatic carbocycles. The average Bonchev–Trinajstić information content (AvgIpc) is 2.83. The number of ketones is 1. The number of hydrogen-bond donors (Lipinski definition) is 1. The van der Waals surface area contributed by atoms with Gasteiger partial charge in [0.1, 0.15) is 11.6 Å². The van der Waals surface area contributed by atoms with Gasteiger partial charge in [-0.3, -0.25) is 24.1 Å². The van der Waals surface area contributed by atoms with Gasteiger partial charge >= 0.3 is 5.97 Å².